The van der Waals surface area contributed by atoms with Gasteiger partial charge in [-0.05, 0) is 127 Å². The van der Waals surface area contributed by atoms with Crippen LogP contribution in [0.1, 0.15) is 167 Å². The van der Waals surface area contributed by atoms with Gasteiger partial charge in [0.25, 0.3) is 5.91 Å². The molecule has 0 fully saturated rings. The highest BCUT2D eigenvalue weighted by molar-refractivity contribution is 5.96. The molecule has 0 aliphatic carbocycles. The number of unbranched alkanes of at least 4 members (excludes halogenated alkanes) is 7. The van der Waals surface area contributed by atoms with E-state index in [1.165, 1.54) is 35.0 Å². The molecule has 0 saturated carbocycles. The number of benzene rings is 2. The third-order valence-electron chi connectivity index (χ3n) is 10.7. The van der Waals surface area contributed by atoms with Gasteiger partial charge in [-0.25, -0.2) is 19.3 Å². The summed E-state index contributed by atoms with van der Waals surface area (Å²) in [6, 6.07) is 15.7. The van der Waals surface area contributed by atoms with Crippen LogP contribution in [0.3, 0.4) is 0 Å². The van der Waals surface area contributed by atoms with Gasteiger partial charge in [-0.15, -0.1) is 29.8 Å². The van der Waals surface area contributed by atoms with Crippen LogP contribution in [0.15, 0.2) is 72.2 Å². The van der Waals surface area contributed by atoms with Crippen molar-refractivity contribution in [3.05, 3.63) is 117 Å². The molecular formula is C52H76ClN13O4. The molecule has 1 amide bonds. The first kappa shape index (κ1) is 59.5. The fraction of sp³-hybridized carbons (Fsp3) is 0.519. The van der Waals surface area contributed by atoms with Crippen molar-refractivity contribution < 1.29 is 19.1 Å². The third-order valence-corrected chi connectivity index (χ3v) is 10.7. The zero-order valence-corrected chi connectivity index (χ0v) is 42.8. The van der Waals surface area contributed by atoms with Crippen LogP contribution >= 0.6 is 12.4 Å². The molecule has 0 spiro atoms. The van der Waals surface area contributed by atoms with E-state index in [2.05, 4.69) is 72.5 Å². The Balaban J connectivity index is 0.000000377. The number of nitrogens with one attached hydrogen (secondary N) is 2. The summed E-state index contributed by atoms with van der Waals surface area (Å²) in [5, 5.41) is 14.5. The van der Waals surface area contributed by atoms with Crippen LogP contribution in [0.5, 0.6) is 0 Å². The molecule has 3 aromatic heterocycles. The van der Waals surface area contributed by atoms with Gasteiger partial charge in [0.05, 0.1) is 17.6 Å². The minimum atomic E-state index is -0.552. The van der Waals surface area contributed by atoms with E-state index >= 15 is 0 Å². The monoisotopic (exact) mass is 982 g/mol. The van der Waals surface area contributed by atoms with E-state index in [1.807, 2.05) is 68.0 Å². The second-order valence-corrected chi connectivity index (χ2v) is 17.9. The molecule has 0 radical (unpaired) electrons. The first-order valence-corrected chi connectivity index (χ1v) is 24.4. The quantitative estimate of drug-likeness (QED) is 0.0102. The maximum atomic E-state index is 12.4. The molecule has 2 aromatic carbocycles. The van der Waals surface area contributed by atoms with Crippen molar-refractivity contribution in [1.82, 2.24) is 39.8 Å². The Morgan fingerprint density at radius 3 is 2.03 bits per heavy atom. The molecule has 0 atom stereocenters. The second-order valence-electron chi connectivity index (χ2n) is 17.9. The molecule has 3 heterocycles. The largest absolute Gasteiger partial charge is 0.443 e. The highest BCUT2D eigenvalue weighted by atomic mass is 35.5. The van der Waals surface area contributed by atoms with Crippen LogP contribution in [0.25, 0.3) is 10.4 Å². The topological polar surface area (TPSA) is 250 Å². The standard InChI is InChI=1S/C24H34N6O.C15H23N3O2.C13H18N4O.ClH/c1-2-3-8-19-12-14-20(15-13-19)23(31)11-7-16-30-18-22(28-29-30)10-6-4-5-9-21-17-26-24(25)27-21;1-5-6-7-8-9-10-12-11-18(13(16)17-12)14(19)20-15(2,3)4;1-2-3-4-11-5-7-12(8-6-11)13(18)15-9-10-16-17-14;/h12-15,17-18H,2-11,16H2,1H3,(H3,25,26,27);1,11H,6-10H2,2-4H3,(H2,16,17);5-8H,2-4,9-10H2,1H3,(H,15,18);1H. The third kappa shape index (κ3) is 24.6. The number of terminal acetylenes is 1. The number of amides is 1. The fourth-order valence-corrected chi connectivity index (χ4v) is 6.95. The van der Waals surface area contributed by atoms with Gasteiger partial charge < -0.3 is 26.5 Å². The summed E-state index contributed by atoms with van der Waals surface area (Å²) in [7, 11) is 0. The highest BCUT2D eigenvalue weighted by Crippen LogP contribution is 2.16. The first-order chi connectivity index (χ1) is 33.2. The summed E-state index contributed by atoms with van der Waals surface area (Å²) in [6.45, 7) is 11.1. The molecule has 17 nitrogen and oxygen atoms in total. The molecule has 5 rings (SSSR count). The van der Waals surface area contributed by atoms with Crippen LogP contribution < -0.4 is 16.8 Å². The van der Waals surface area contributed by atoms with Crippen molar-refractivity contribution in [2.24, 2.45) is 5.11 Å². The number of aromatic amines is 1. The number of aromatic nitrogens is 7. The number of ketones is 1. The zero-order valence-electron chi connectivity index (χ0n) is 42.0. The van der Waals surface area contributed by atoms with Crippen LogP contribution in [-0.2, 0) is 43.4 Å². The summed E-state index contributed by atoms with van der Waals surface area (Å²) < 4.78 is 8.36. The summed E-state index contributed by atoms with van der Waals surface area (Å²) in [5.74, 6) is 3.32. The Kier molecular flexibility index (Phi) is 28.7. The van der Waals surface area contributed by atoms with E-state index in [9.17, 15) is 14.4 Å². The molecule has 6 N–H and O–H groups in total. The van der Waals surface area contributed by atoms with Gasteiger partial charge in [-0.2, -0.15) is 0 Å². The molecular weight excluding hydrogens is 906 g/mol. The molecule has 0 aliphatic rings. The highest BCUT2D eigenvalue weighted by Gasteiger charge is 2.20. The number of nitrogens with two attached hydrogens (primary N) is 2. The summed E-state index contributed by atoms with van der Waals surface area (Å²) in [4.78, 5) is 49.9. The lowest BCUT2D eigenvalue weighted by Gasteiger charge is -2.19. The first-order valence-electron chi connectivity index (χ1n) is 24.4. The number of nitrogen functional groups attached to an aromatic ring is 2. The van der Waals surface area contributed by atoms with E-state index < -0.39 is 11.7 Å². The zero-order chi connectivity index (χ0) is 50.3. The molecule has 5 aromatic rings. The van der Waals surface area contributed by atoms with Gasteiger partial charge in [0, 0.05) is 66.6 Å². The number of hydrogen-bond acceptors (Lipinski definition) is 11. The van der Waals surface area contributed by atoms with Crippen LogP contribution in [0, 0.1) is 12.3 Å². The van der Waals surface area contributed by atoms with Gasteiger partial charge in [-0.3, -0.25) is 14.3 Å². The molecule has 0 unspecified atom stereocenters. The maximum absolute atomic E-state index is 12.4. The number of carbonyl (C=O) groups excluding carboxylic acids is 3. The Morgan fingerprint density at radius 1 is 0.829 bits per heavy atom. The molecule has 0 saturated heterocycles. The van der Waals surface area contributed by atoms with E-state index in [0.29, 0.717) is 31.0 Å². The Hall–Kier alpha value is -6.63. The second kappa shape index (κ2) is 33.8. The minimum absolute atomic E-state index is 0. The van der Waals surface area contributed by atoms with Gasteiger partial charge in [0.1, 0.15) is 5.60 Å². The SMILES string of the molecule is C#CCCCCCc1cn(C(=O)OC(C)(C)C)c(N)n1.CCCCc1ccc(C(=O)CCCn2cc(CCCCCc3cnc(N)[nH]3)nn2)cc1.CCCCc1ccc(C(=O)NCCN=[N+]=[N-])cc1.Cl. The lowest BCUT2D eigenvalue weighted by atomic mass is 10.0. The van der Waals surface area contributed by atoms with Crippen molar-refractivity contribution in [1.29, 1.82) is 0 Å². The van der Waals surface area contributed by atoms with E-state index in [1.54, 1.807) is 12.4 Å². The number of imidazole rings is 2. The number of carbonyl (C=O) groups is 3. The number of nitrogens with zero attached hydrogens (tertiary/aromatic N) is 9. The van der Waals surface area contributed by atoms with Crippen molar-refractivity contribution in [3.8, 4) is 12.3 Å². The average Bonchev–Trinajstić information content (AvgIpc) is 4.08. The lowest BCUT2D eigenvalue weighted by Crippen LogP contribution is -2.27. The maximum Gasteiger partial charge on any atom is 0.421 e. The Bertz CT molecular complexity index is 2350. The molecule has 70 heavy (non-hydrogen) atoms. The normalized spacial score (nSPS) is 10.6. The van der Waals surface area contributed by atoms with Crippen LogP contribution in [0.2, 0.25) is 0 Å². The minimum Gasteiger partial charge on any atom is -0.443 e. The number of aryl methyl sites for hydroxylation is 6. The van der Waals surface area contributed by atoms with Crippen molar-refractivity contribution in [2.45, 2.75) is 162 Å². The van der Waals surface area contributed by atoms with Gasteiger partial charge in [0.15, 0.2) is 11.7 Å². The number of anilines is 2. The molecule has 0 aliphatic heterocycles. The van der Waals surface area contributed by atoms with Crippen LogP contribution in [0.4, 0.5) is 16.7 Å². The number of rotatable bonds is 26. The molecule has 18 heteroatoms. The number of hydrogen-bond donors (Lipinski definition) is 4. The molecule has 380 valence electrons. The number of halogens is 1. The molecule has 0 bridgehead atoms. The van der Waals surface area contributed by atoms with Crippen LogP contribution in [-0.4, -0.2) is 71.0 Å². The summed E-state index contributed by atoms with van der Waals surface area (Å²) in [5.41, 5.74) is 25.8. The average molecular weight is 983 g/mol. The number of H-pyrrole nitrogens is 1. The van der Waals surface area contributed by atoms with E-state index in [-0.39, 0.29) is 36.6 Å². The van der Waals surface area contributed by atoms with Crippen molar-refractivity contribution in [3.63, 3.8) is 0 Å². The van der Waals surface area contributed by atoms with Crippen molar-refractivity contribution >= 4 is 42.1 Å². The van der Waals surface area contributed by atoms with Gasteiger partial charge in [-0.1, -0.05) is 86.3 Å². The van der Waals surface area contributed by atoms with Crippen molar-refractivity contribution in [2.75, 3.05) is 24.6 Å². The summed E-state index contributed by atoms with van der Waals surface area (Å²) in [6.07, 6.45) is 28.1. The number of azide groups is 1. The summed E-state index contributed by atoms with van der Waals surface area (Å²) >= 11 is 0. The van der Waals surface area contributed by atoms with E-state index in [0.717, 1.165) is 113 Å². The Morgan fingerprint density at radius 2 is 1.44 bits per heavy atom. The Labute approximate surface area is 420 Å². The number of Topliss-reactive ketones (excluding diaryl/α,β-unsaturated/α-hetero) is 1. The van der Waals surface area contributed by atoms with E-state index in [4.69, 9.17) is 28.2 Å². The van der Waals surface area contributed by atoms with Gasteiger partial charge >= 0.3 is 6.09 Å². The fourth-order valence-electron chi connectivity index (χ4n) is 6.95. The smallest absolute Gasteiger partial charge is 0.421 e. The predicted octanol–water partition coefficient (Wildman–Crippen LogP) is 11.0. The predicted molar refractivity (Wildman–Crippen MR) is 281 cm³/mol. The van der Waals surface area contributed by atoms with Gasteiger partial charge in [0.2, 0.25) is 5.95 Å². The lowest BCUT2D eigenvalue weighted by molar-refractivity contribution is 0.0540. The number of ether oxygens (including phenoxy) is 1.